The Morgan fingerprint density at radius 3 is 2.11 bits per heavy atom. The van der Waals surface area contributed by atoms with E-state index in [-0.39, 0.29) is 48.2 Å². The fourth-order valence-electron chi connectivity index (χ4n) is 6.39. The normalized spacial score (nSPS) is 20.0. The number of aliphatic hydroxyl groups excluding tert-OH is 1. The first-order valence-electron chi connectivity index (χ1n) is 16.5. The molecule has 2 aromatic rings. The molecular weight excluding hydrogens is 594 g/mol. The topological polar surface area (TPSA) is 105 Å². The van der Waals surface area contributed by atoms with Gasteiger partial charge in [0.05, 0.1) is 24.4 Å². The van der Waals surface area contributed by atoms with Crippen molar-refractivity contribution in [2.45, 2.75) is 96.5 Å². The Bertz CT molecular complexity index is 1290. The molecule has 2 aromatic carbocycles. The van der Waals surface area contributed by atoms with Crippen molar-refractivity contribution in [3.8, 4) is 0 Å². The number of carbonyl (C=O) groups excluding carboxylic acids is 3. The van der Waals surface area contributed by atoms with Crippen LogP contribution in [0.5, 0.6) is 0 Å². The quantitative estimate of drug-likeness (QED) is 0.228. The number of benzene rings is 2. The Morgan fingerprint density at radius 2 is 1.54 bits per heavy atom. The maximum Gasteiger partial charge on any atom is 0.253 e. The molecule has 8 nitrogen and oxygen atoms in total. The highest BCUT2D eigenvalue weighted by Crippen LogP contribution is 2.32. The summed E-state index contributed by atoms with van der Waals surface area (Å²) in [6.45, 7) is 7.07. The summed E-state index contributed by atoms with van der Waals surface area (Å²) in [6, 6.07) is 8.92. The third-order valence-electron chi connectivity index (χ3n) is 8.98. The molecule has 0 spiro atoms. The number of rotatable bonds is 17. The Kier molecular flexibility index (Phi) is 14.7. The van der Waals surface area contributed by atoms with E-state index < -0.39 is 35.6 Å². The largest absolute Gasteiger partial charge is 0.391 e. The van der Waals surface area contributed by atoms with E-state index in [0.717, 1.165) is 25.0 Å². The summed E-state index contributed by atoms with van der Waals surface area (Å²) < 4.78 is 38.9. The van der Waals surface area contributed by atoms with E-state index >= 15 is 0 Å². The van der Waals surface area contributed by atoms with Gasteiger partial charge in [-0.15, -0.1) is 0 Å². The Balaban J connectivity index is 1.83. The van der Waals surface area contributed by atoms with Crippen LogP contribution in [0.2, 0.25) is 0 Å². The maximum atomic E-state index is 14.1. The molecule has 46 heavy (non-hydrogen) atoms. The Morgan fingerprint density at radius 1 is 0.913 bits per heavy atom. The van der Waals surface area contributed by atoms with E-state index in [0.29, 0.717) is 49.9 Å². The molecule has 10 heteroatoms. The maximum absolute atomic E-state index is 14.1. The molecular formula is C36H50F2N2O6. The third kappa shape index (κ3) is 10.1. The van der Waals surface area contributed by atoms with E-state index in [1.807, 2.05) is 20.8 Å². The van der Waals surface area contributed by atoms with Crippen LogP contribution < -0.4 is 5.32 Å². The number of nitrogens with one attached hydrogen (secondary N) is 1. The number of methoxy groups -OCH3 is 2. The van der Waals surface area contributed by atoms with Gasteiger partial charge in [-0.2, -0.15) is 0 Å². The fraction of sp³-hybridized carbons (Fsp3) is 0.583. The van der Waals surface area contributed by atoms with Crippen molar-refractivity contribution in [1.82, 2.24) is 10.2 Å². The van der Waals surface area contributed by atoms with Crippen molar-refractivity contribution < 1.29 is 37.7 Å². The summed E-state index contributed by atoms with van der Waals surface area (Å²) in [4.78, 5) is 42.2. The summed E-state index contributed by atoms with van der Waals surface area (Å²) >= 11 is 0. The number of nitrogens with zero attached hydrogens (tertiary/aromatic N) is 1. The molecule has 0 radical (unpaired) electrons. The van der Waals surface area contributed by atoms with Crippen LogP contribution in [-0.2, 0) is 20.7 Å². The zero-order chi connectivity index (χ0) is 33.8. The van der Waals surface area contributed by atoms with Crippen LogP contribution in [0.25, 0.3) is 0 Å². The van der Waals surface area contributed by atoms with Gasteiger partial charge in [0.1, 0.15) is 5.78 Å². The molecule has 2 amide bonds. The number of ether oxygens (including phenoxy) is 2. The fourth-order valence-corrected chi connectivity index (χ4v) is 6.39. The number of aliphatic hydroxyl groups is 1. The second kappa shape index (κ2) is 18.2. The molecule has 1 aliphatic carbocycles. The van der Waals surface area contributed by atoms with Gasteiger partial charge in [-0.1, -0.05) is 32.9 Å². The van der Waals surface area contributed by atoms with E-state index in [1.54, 1.807) is 37.3 Å². The van der Waals surface area contributed by atoms with Crippen molar-refractivity contribution in [3.05, 3.63) is 70.8 Å². The number of halogens is 2. The summed E-state index contributed by atoms with van der Waals surface area (Å²) in [5.41, 5.74) is 0.974. The standard InChI is InChI=1S/C36H50F2N2O6/c1-6-14-40(15-7-2)36(44)26-11-9-10-25(18-26)35(43)39-32(17-23-12-13-30(37)31(38)16-23)33(41)21-24(8-3)34(42)27-19-28(45-4)22-29(20-27)46-5/h9-13,16,18,24,27-29,32-33,41H,6-8,14-15,17,19-22H2,1-5H3,(H,39,43)/t24-,27?,28?,29?,32-,33-/m0/s1. The van der Waals surface area contributed by atoms with Crippen molar-refractivity contribution in [2.75, 3.05) is 27.3 Å². The van der Waals surface area contributed by atoms with E-state index in [2.05, 4.69) is 5.32 Å². The highest BCUT2D eigenvalue weighted by atomic mass is 19.2. The van der Waals surface area contributed by atoms with Gasteiger partial charge in [0.2, 0.25) is 0 Å². The minimum Gasteiger partial charge on any atom is -0.391 e. The molecule has 0 aromatic heterocycles. The summed E-state index contributed by atoms with van der Waals surface area (Å²) in [5.74, 6) is -3.52. The number of hydrogen-bond acceptors (Lipinski definition) is 6. The third-order valence-corrected chi connectivity index (χ3v) is 8.98. The predicted molar refractivity (Wildman–Crippen MR) is 173 cm³/mol. The van der Waals surface area contributed by atoms with Gasteiger partial charge in [-0.3, -0.25) is 14.4 Å². The number of carbonyl (C=O) groups is 3. The van der Waals surface area contributed by atoms with Crippen LogP contribution in [-0.4, -0.2) is 79.3 Å². The Hall–Kier alpha value is -3.21. The van der Waals surface area contributed by atoms with Gasteiger partial charge in [0, 0.05) is 50.3 Å². The van der Waals surface area contributed by atoms with Gasteiger partial charge in [0.15, 0.2) is 11.6 Å². The lowest BCUT2D eigenvalue weighted by Crippen LogP contribution is -2.46. The van der Waals surface area contributed by atoms with Crippen LogP contribution in [0.4, 0.5) is 8.78 Å². The van der Waals surface area contributed by atoms with Crippen LogP contribution in [0.3, 0.4) is 0 Å². The number of amides is 2. The van der Waals surface area contributed by atoms with E-state index in [4.69, 9.17) is 9.47 Å². The second-order valence-corrected chi connectivity index (χ2v) is 12.3. The molecule has 0 heterocycles. The van der Waals surface area contributed by atoms with Crippen LogP contribution >= 0.6 is 0 Å². The summed E-state index contributed by atoms with van der Waals surface area (Å²) in [6.07, 6.45) is 2.61. The lowest BCUT2D eigenvalue weighted by Gasteiger charge is -2.35. The molecule has 3 rings (SSSR count). The zero-order valence-corrected chi connectivity index (χ0v) is 27.8. The molecule has 1 saturated carbocycles. The zero-order valence-electron chi connectivity index (χ0n) is 27.8. The first kappa shape index (κ1) is 37.2. The van der Waals surface area contributed by atoms with Crippen molar-refractivity contribution in [2.24, 2.45) is 11.8 Å². The average molecular weight is 645 g/mol. The molecule has 5 atom stereocenters. The molecule has 0 aliphatic heterocycles. The molecule has 1 aliphatic rings. The SMILES string of the molecule is CCCN(CCC)C(=O)c1cccc(C(=O)N[C@@H](Cc2ccc(F)c(F)c2)[C@@H](O)C[C@H](CC)C(=O)C2CC(OC)CC(OC)C2)c1. The molecule has 2 N–H and O–H groups in total. The lowest BCUT2D eigenvalue weighted by atomic mass is 9.76. The van der Waals surface area contributed by atoms with Gasteiger partial charge in [-0.25, -0.2) is 8.78 Å². The number of ketones is 1. The smallest absolute Gasteiger partial charge is 0.253 e. The van der Waals surface area contributed by atoms with Crippen LogP contribution in [0, 0.1) is 23.5 Å². The average Bonchev–Trinajstić information content (AvgIpc) is 3.07. The Labute approximate surface area is 271 Å². The first-order valence-corrected chi connectivity index (χ1v) is 16.5. The molecule has 2 unspecified atom stereocenters. The molecule has 0 bridgehead atoms. The van der Waals surface area contributed by atoms with Gasteiger partial charge in [0.25, 0.3) is 11.8 Å². The minimum absolute atomic E-state index is 0.00490. The van der Waals surface area contributed by atoms with Gasteiger partial charge < -0.3 is 24.8 Å². The van der Waals surface area contributed by atoms with E-state index in [1.165, 1.54) is 12.1 Å². The van der Waals surface area contributed by atoms with Crippen molar-refractivity contribution in [3.63, 3.8) is 0 Å². The highest BCUT2D eigenvalue weighted by Gasteiger charge is 2.37. The van der Waals surface area contributed by atoms with E-state index in [9.17, 15) is 28.3 Å². The molecule has 254 valence electrons. The van der Waals surface area contributed by atoms with Crippen LogP contribution in [0.15, 0.2) is 42.5 Å². The highest BCUT2D eigenvalue weighted by molar-refractivity contribution is 5.99. The molecule has 1 fully saturated rings. The first-order chi connectivity index (χ1) is 22.0. The van der Waals surface area contributed by atoms with Gasteiger partial charge in [-0.05, 0) is 87.3 Å². The summed E-state index contributed by atoms with van der Waals surface area (Å²) in [7, 11) is 3.24. The monoisotopic (exact) mass is 644 g/mol. The van der Waals surface area contributed by atoms with Crippen molar-refractivity contribution >= 4 is 17.6 Å². The summed E-state index contributed by atoms with van der Waals surface area (Å²) in [5, 5.41) is 14.4. The lowest BCUT2D eigenvalue weighted by molar-refractivity contribution is -0.133. The van der Waals surface area contributed by atoms with Gasteiger partial charge >= 0.3 is 0 Å². The number of hydrogen-bond donors (Lipinski definition) is 2. The van der Waals surface area contributed by atoms with Crippen molar-refractivity contribution in [1.29, 1.82) is 0 Å². The molecule has 0 saturated heterocycles. The minimum atomic E-state index is -1.18. The van der Waals surface area contributed by atoms with Crippen LogP contribution in [0.1, 0.15) is 92.0 Å². The second-order valence-electron chi connectivity index (χ2n) is 12.3. The predicted octanol–water partition coefficient (Wildman–Crippen LogP) is 5.74. The number of Topliss-reactive ketones (excluding diaryl/α,β-unsaturated/α-hetero) is 1.